The molecule has 2 aromatic carbocycles. The van der Waals surface area contributed by atoms with Crippen molar-refractivity contribution in [2.45, 2.75) is 32.7 Å². The summed E-state index contributed by atoms with van der Waals surface area (Å²) in [6.07, 6.45) is 0.541. The average molecular weight is 539 g/mol. The third-order valence-corrected chi connectivity index (χ3v) is 8.56. The molecule has 2 atom stereocenters. The predicted molar refractivity (Wildman–Crippen MR) is 125 cm³/mol. The Kier molecular flexibility index (Phi) is 9.41. The number of sulfone groups is 1. The summed E-state index contributed by atoms with van der Waals surface area (Å²) in [5.74, 6) is 0.466. The molecule has 34 heavy (non-hydrogen) atoms. The quantitative estimate of drug-likeness (QED) is 0.348. The van der Waals surface area contributed by atoms with Crippen molar-refractivity contribution in [3.63, 3.8) is 0 Å². The smallest absolute Gasteiger partial charge is 0.380 e. The fourth-order valence-electron chi connectivity index (χ4n) is 3.37. The average Bonchev–Trinajstić information content (AvgIpc) is 2.81. The van der Waals surface area contributed by atoms with Gasteiger partial charge < -0.3 is 14.6 Å². The van der Waals surface area contributed by atoms with Crippen LogP contribution in [0.1, 0.15) is 6.42 Å². The van der Waals surface area contributed by atoms with E-state index < -0.39 is 36.2 Å². The lowest BCUT2D eigenvalue weighted by molar-refractivity contribution is -0.0435. The van der Waals surface area contributed by atoms with E-state index in [2.05, 4.69) is 10.2 Å². The van der Waals surface area contributed by atoms with Gasteiger partial charge in [-0.15, -0.1) is 11.8 Å². The van der Waals surface area contributed by atoms with Crippen LogP contribution in [-0.4, -0.2) is 72.2 Å². The van der Waals surface area contributed by atoms with Gasteiger partial charge in [0.25, 0.3) is 9.84 Å². The minimum absolute atomic E-state index is 0.257. The van der Waals surface area contributed by atoms with Crippen LogP contribution in [0.5, 0.6) is 0 Å². The number of hydrogen-bond donors (Lipinski definition) is 2. The molecule has 2 N–H and O–H groups in total. The number of anilines is 1. The Hall–Kier alpha value is -1.64. The van der Waals surface area contributed by atoms with Crippen LogP contribution >= 0.6 is 11.8 Å². The molecule has 2 unspecified atom stereocenters. The second-order valence-electron chi connectivity index (χ2n) is 7.56. The lowest BCUT2D eigenvalue weighted by atomic mass is 10.2. The molecular formula is C21H25F3N2O5S3. The van der Waals surface area contributed by atoms with Crippen LogP contribution in [0.25, 0.3) is 0 Å². The van der Waals surface area contributed by atoms with Crippen LogP contribution < -0.4 is 5.32 Å². The zero-order valence-electron chi connectivity index (χ0n) is 18.0. The number of ether oxygens (including phenoxy) is 1. The van der Waals surface area contributed by atoms with Crippen LogP contribution in [0, 0.1) is 0 Å². The summed E-state index contributed by atoms with van der Waals surface area (Å²) in [7, 11) is -5.75. The van der Waals surface area contributed by atoms with Crippen LogP contribution in [0.4, 0.5) is 18.9 Å². The van der Waals surface area contributed by atoms with Gasteiger partial charge in [-0.2, -0.15) is 13.2 Å². The first-order chi connectivity index (χ1) is 16.1. The topological polar surface area (TPSA) is 95.9 Å². The number of nitrogens with zero attached hydrogens (tertiary/aromatic N) is 1. The third kappa shape index (κ3) is 7.18. The van der Waals surface area contributed by atoms with Crippen molar-refractivity contribution in [3.05, 3.63) is 48.5 Å². The van der Waals surface area contributed by atoms with Crippen molar-refractivity contribution in [1.82, 2.24) is 4.90 Å². The van der Waals surface area contributed by atoms with E-state index in [0.29, 0.717) is 38.0 Å². The van der Waals surface area contributed by atoms with Crippen LogP contribution in [0.15, 0.2) is 63.2 Å². The maximum Gasteiger partial charge on any atom is 0.501 e. The normalized spacial score (nSPS) is 17.3. The van der Waals surface area contributed by atoms with Gasteiger partial charge in [0.1, 0.15) is 4.90 Å². The Morgan fingerprint density at radius 2 is 1.82 bits per heavy atom. The minimum atomic E-state index is -5.75. The van der Waals surface area contributed by atoms with Crippen molar-refractivity contribution in [2.24, 2.45) is 0 Å². The minimum Gasteiger partial charge on any atom is -0.380 e. The summed E-state index contributed by atoms with van der Waals surface area (Å²) in [6, 6.07) is 11.9. The molecule has 0 saturated carbocycles. The van der Waals surface area contributed by atoms with E-state index in [0.717, 1.165) is 30.1 Å². The lowest BCUT2D eigenvalue weighted by Crippen LogP contribution is -2.39. The number of morpholine rings is 1. The maximum atomic E-state index is 13.4. The monoisotopic (exact) mass is 538 g/mol. The molecule has 3 rings (SSSR count). The van der Waals surface area contributed by atoms with Crippen LogP contribution in [0.2, 0.25) is 0 Å². The predicted octanol–water partition coefficient (Wildman–Crippen LogP) is 3.86. The summed E-state index contributed by atoms with van der Waals surface area (Å²) < 4.78 is 90.6. The Morgan fingerprint density at radius 1 is 1.15 bits per heavy atom. The molecule has 7 nitrogen and oxygen atoms in total. The first kappa shape index (κ1) is 27.0. The molecule has 0 aromatic heterocycles. The Labute approximate surface area is 203 Å². The molecule has 1 fully saturated rings. The Bertz CT molecular complexity index is 1080. The number of hydrogen-bond acceptors (Lipinski definition) is 7. The van der Waals surface area contributed by atoms with Crippen molar-refractivity contribution >= 4 is 38.4 Å². The van der Waals surface area contributed by atoms with E-state index in [-0.39, 0.29) is 11.7 Å². The summed E-state index contributed by atoms with van der Waals surface area (Å²) in [5.41, 5.74) is -5.81. The van der Waals surface area contributed by atoms with Gasteiger partial charge >= 0.3 is 5.51 Å². The molecule has 0 aliphatic carbocycles. The van der Waals surface area contributed by atoms with E-state index in [1.807, 2.05) is 30.3 Å². The van der Waals surface area contributed by atoms with E-state index in [1.54, 1.807) is 0 Å². The third-order valence-electron chi connectivity index (χ3n) is 5.20. The molecule has 1 aliphatic rings. The van der Waals surface area contributed by atoms with Crippen LogP contribution in [-0.2, 0) is 25.7 Å². The van der Waals surface area contributed by atoms with Crippen LogP contribution in [0.3, 0.4) is 0 Å². The fraction of sp³-hybridized carbons (Fsp3) is 0.429. The highest BCUT2D eigenvalue weighted by atomic mass is 32.2. The van der Waals surface area contributed by atoms with Crippen molar-refractivity contribution in [1.29, 1.82) is 0 Å². The molecule has 13 heteroatoms. The second-order valence-corrected chi connectivity index (χ2v) is 11.5. The first-order valence-electron chi connectivity index (χ1n) is 10.4. The maximum absolute atomic E-state index is 13.4. The van der Waals surface area contributed by atoms with E-state index >= 15 is 0 Å². The van der Waals surface area contributed by atoms with Gasteiger partial charge in [0.05, 0.1) is 23.8 Å². The molecule has 1 heterocycles. The molecule has 0 bridgehead atoms. The van der Waals surface area contributed by atoms with Gasteiger partial charge in [0.15, 0.2) is 11.1 Å². The molecule has 0 radical (unpaired) electrons. The number of nitrogens with one attached hydrogen (secondary N) is 1. The zero-order valence-corrected chi connectivity index (χ0v) is 20.5. The molecule has 0 amide bonds. The number of benzene rings is 2. The molecule has 1 saturated heterocycles. The van der Waals surface area contributed by atoms with Crippen molar-refractivity contribution < 1.29 is 35.1 Å². The number of halogens is 3. The number of thioether (sulfide) groups is 1. The lowest BCUT2D eigenvalue weighted by Gasteiger charge is -2.29. The van der Waals surface area contributed by atoms with Gasteiger partial charge in [-0.25, -0.2) is 12.6 Å². The summed E-state index contributed by atoms with van der Waals surface area (Å²) in [5, 5.41) is 2.96. The standard InChI is InChI=1S/C21H25F3N2O5S3/c22-21(23,24)34(29,30)20-14-18(33(27)28)6-7-19(20)25-16(8-9-26-10-12-31-13-11-26)15-32-17-4-2-1-3-5-17/h1-7,14,16,25H,8-13,15H2,(H,27,28). The fourth-order valence-corrected chi connectivity index (χ4v) is 5.79. The van der Waals surface area contributed by atoms with Crippen molar-refractivity contribution in [2.75, 3.05) is 43.9 Å². The highest BCUT2D eigenvalue weighted by Gasteiger charge is 2.48. The number of rotatable bonds is 10. The molecular weight excluding hydrogens is 513 g/mol. The van der Waals surface area contributed by atoms with Gasteiger partial charge in [0.2, 0.25) is 0 Å². The second kappa shape index (κ2) is 11.9. The van der Waals surface area contributed by atoms with E-state index in [1.165, 1.54) is 11.8 Å². The summed E-state index contributed by atoms with van der Waals surface area (Å²) in [6.45, 7) is 3.33. The van der Waals surface area contributed by atoms with Crippen molar-refractivity contribution in [3.8, 4) is 0 Å². The SMILES string of the molecule is O=S(O)c1ccc(NC(CCN2CCOCC2)CSc2ccccc2)c(S(=O)(=O)C(F)(F)F)c1. The van der Waals surface area contributed by atoms with E-state index in [4.69, 9.17) is 4.74 Å². The van der Waals surface area contributed by atoms with Gasteiger partial charge in [-0.1, -0.05) is 18.2 Å². The largest absolute Gasteiger partial charge is 0.501 e. The molecule has 2 aromatic rings. The highest BCUT2D eigenvalue weighted by Crippen LogP contribution is 2.36. The summed E-state index contributed by atoms with van der Waals surface area (Å²) in [4.78, 5) is 1.64. The van der Waals surface area contributed by atoms with Gasteiger partial charge in [-0.3, -0.25) is 4.90 Å². The molecule has 1 aliphatic heterocycles. The Morgan fingerprint density at radius 3 is 2.44 bits per heavy atom. The van der Waals surface area contributed by atoms with E-state index in [9.17, 15) is 30.4 Å². The first-order valence-corrected chi connectivity index (χ1v) is 14.0. The van der Waals surface area contributed by atoms with Gasteiger partial charge in [0, 0.05) is 36.3 Å². The molecule has 0 spiro atoms. The molecule has 188 valence electrons. The summed E-state index contributed by atoms with van der Waals surface area (Å²) >= 11 is -1.14. The highest BCUT2D eigenvalue weighted by molar-refractivity contribution is 7.99. The Balaban J connectivity index is 1.87. The van der Waals surface area contributed by atoms with Gasteiger partial charge in [-0.05, 0) is 36.8 Å². The zero-order chi connectivity index (χ0) is 24.8. The number of alkyl halides is 3.